The maximum Gasteiger partial charge on any atom is 0.0850 e. The average Bonchev–Trinajstić information content (AvgIpc) is 1.81. The molecule has 48 valence electrons. The highest BCUT2D eigenvalue weighted by molar-refractivity contribution is 4.43. The molecule has 0 bridgehead atoms. The summed E-state index contributed by atoms with van der Waals surface area (Å²) >= 11 is 0. The van der Waals surface area contributed by atoms with Gasteiger partial charge in [-0.05, 0) is 19.3 Å². The number of rotatable bonds is 5. The Morgan fingerprint density at radius 2 is 1.62 bits per heavy atom. The fraction of sp³-hybridized carbons (Fsp3) is 0.857. The molecule has 0 aliphatic carbocycles. The Morgan fingerprint density at radius 1 is 1.00 bits per heavy atom. The van der Waals surface area contributed by atoms with E-state index in [4.69, 9.17) is 5.11 Å². The molecule has 0 saturated carbocycles. The Labute approximate surface area is 51.7 Å². The molecule has 0 aromatic carbocycles. The predicted molar refractivity (Wildman–Crippen MR) is 35.5 cm³/mol. The second-order valence-electron chi connectivity index (χ2n) is 1.99. The highest BCUT2D eigenvalue weighted by Crippen LogP contribution is 2.00. The van der Waals surface area contributed by atoms with Crippen LogP contribution in [0.3, 0.4) is 0 Å². The molecule has 0 fully saturated rings. The molecule has 0 rings (SSSR count). The molecule has 0 unspecified atom stereocenters. The third-order valence-corrected chi connectivity index (χ3v) is 1.16. The molecule has 0 heterocycles. The molecule has 0 aromatic rings. The number of hydrogen-bond acceptors (Lipinski definition) is 1. The van der Waals surface area contributed by atoms with Gasteiger partial charge in [-0.3, -0.25) is 0 Å². The lowest BCUT2D eigenvalue weighted by Crippen LogP contribution is -1.81. The first-order valence-corrected chi connectivity index (χ1v) is 3.32. The highest BCUT2D eigenvalue weighted by Gasteiger charge is 1.86. The smallest absolute Gasteiger partial charge is 0.0850 e. The topological polar surface area (TPSA) is 20.2 Å². The van der Waals surface area contributed by atoms with Gasteiger partial charge in [0, 0.05) is 6.61 Å². The summed E-state index contributed by atoms with van der Waals surface area (Å²) in [7, 11) is 0. The zero-order chi connectivity index (χ0) is 6.24. The predicted octanol–water partition coefficient (Wildman–Crippen LogP) is 1.76. The monoisotopic (exact) mass is 115 g/mol. The zero-order valence-electron chi connectivity index (χ0n) is 5.40. The minimum Gasteiger partial charge on any atom is -0.396 e. The number of aliphatic hydroxyl groups excluding tert-OH is 1. The van der Waals surface area contributed by atoms with Gasteiger partial charge in [-0.25, -0.2) is 0 Å². The zero-order valence-corrected chi connectivity index (χ0v) is 5.40. The number of aliphatic hydroxyl groups is 1. The van der Waals surface area contributed by atoms with E-state index in [1.165, 1.54) is 12.8 Å². The Bertz CT molecular complexity index is 29.4. The number of unbranched alkanes of at least 4 members (excludes halogenated alkanes) is 4. The van der Waals surface area contributed by atoms with Crippen LogP contribution in [0.4, 0.5) is 0 Å². The third kappa shape index (κ3) is 5.83. The van der Waals surface area contributed by atoms with E-state index >= 15 is 0 Å². The van der Waals surface area contributed by atoms with Crippen molar-refractivity contribution in [3.8, 4) is 0 Å². The molecular formula is C7H15O+. The van der Waals surface area contributed by atoms with E-state index < -0.39 is 0 Å². The van der Waals surface area contributed by atoms with Crippen LogP contribution in [0.15, 0.2) is 0 Å². The van der Waals surface area contributed by atoms with Crippen molar-refractivity contribution in [2.45, 2.75) is 32.1 Å². The lowest BCUT2D eigenvalue weighted by atomic mass is 10.2. The maximum atomic E-state index is 8.35. The first kappa shape index (κ1) is 7.83. The summed E-state index contributed by atoms with van der Waals surface area (Å²) < 4.78 is 0. The Kier molecular flexibility index (Phi) is 6.68. The van der Waals surface area contributed by atoms with Crippen molar-refractivity contribution in [3.63, 3.8) is 0 Å². The van der Waals surface area contributed by atoms with Gasteiger partial charge in [-0.2, -0.15) is 0 Å². The van der Waals surface area contributed by atoms with Crippen LogP contribution in [0.5, 0.6) is 0 Å². The minimum absolute atomic E-state index is 0.344. The summed E-state index contributed by atoms with van der Waals surface area (Å²) in [6.45, 7) is 4.07. The lowest BCUT2D eigenvalue weighted by Gasteiger charge is -1.91. The Morgan fingerprint density at radius 3 is 2.12 bits per heavy atom. The largest absolute Gasteiger partial charge is 0.396 e. The molecule has 0 aliphatic heterocycles. The van der Waals surface area contributed by atoms with E-state index in [2.05, 4.69) is 6.92 Å². The highest BCUT2D eigenvalue weighted by atomic mass is 16.2. The Hall–Kier alpha value is -0.170. The summed E-state index contributed by atoms with van der Waals surface area (Å²) in [6.07, 6.45) is 5.58. The van der Waals surface area contributed by atoms with Crippen molar-refractivity contribution in [3.05, 3.63) is 6.92 Å². The molecule has 0 spiro atoms. The van der Waals surface area contributed by atoms with Crippen LogP contribution in [-0.2, 0) is 0 Å². The van der Waals surface area contributed by atoms with Crippen molar-refractivity contribution in [2.24, 2.45) is 0 Å². The normalized spacial score (nSPS) is 9.62. The molecule has 0 aliphatic rings. The van der Waals surface area contributed by atoms with Crippen LogP contribution < -0.4 is 0 Å². The van der Waals surface area contributed by atoms with Gasteiger partial charge >= 0.3 is 0 Å². The summed E-state index contributed by atoms with van der Waals surface area (Å²) in [5.74, 6) is 0. The Balaban J connectivity index is 2.53. The molecule has 0 radical (unpaired) electrons. The maximum absolute atomic E-state index is 8.35. The molecule has 0 atom stereocenters. The molecule has 0 saturated heterocycles. The lowest BCUT2D eigenvalue weighted by molar-refractivity contribution is 0.282. The van der Waals surface area contributed by atoms with Crippen LogP contribution in [0.1, 0.15) is 32.1 Å². The first-order valence-electron chi connectivity index (χ1n) is 3.32. The van der Waals surface area contributed by atoms with Crippen LogP contribution in [0, 0.1) is 6.92 Å². The van der Waals surface area contributed by atoms with Crippen molar-refractivity contribution in [1.29, 1.82) is 0 Å². The summed E-state index contributed by atoms with van der Waals surface area (Å²) in [6, 6.07) is 0. The van der Waals surface area contributed by atoms with Crippen LogP contribution >= 0.6 is 0 Å². The van der Waals surface area contributed by atoms with Gasteiger partial charge in [0.25, 0.3) is 0 Å². The van der Waals surface area contributed by atoms with Crippen LogP contribution in [-0.4, -0.2) is 11.7 Å². The summed E-state index contributed by atoms with van der Waals surface area (Å²) in [5, 5.41) is 8.35. The summed E-state index contributed by atoms with van der Waals surface area (Å²) in [5.41, 5.74) is 0. The standard InChI is InChI=1S/C7H15O/c1-2-3-4-5-6-7-8/h8H,1-7H2/q+1. The quantitative estimate of drug-likeness (QED) is 0.427. The molecular weight excluding hydrogens is 100 g/mol. The second-order valence-corrected chi connectivity index (χ2v) is 1.99. The van der Waals surface area contributed by atoms with Crippen molar-refractivity contribution < 1.29 is 5.11 Å². The van der Waals surface area contributed by atoms with Crippen molar-refractivity contribution >= 4 is 0 Å². The van der Waals surface area contributed by atoms with Gasteiger partial charge in [-0.1, -0.05) is 6.42 Å². The molecule has 1 heteroatoms. The van der Waals surface area contributed by atoms with E-state index in [1.54, 1.807) is 0 Å². The van der Waals surface area contributed by atoms with Crippen molar-refractivity contribution in [2.75, 3.05) is 6.61 Å². The van der Waals surface area contributed by atoms with Crippen LogP contribution in [0.2, 0.25) is 0 Å². The van der Waals surface area contributed by atoms with Gasteiger partial charge in [0.2, 0.25) is 0 Å². The fourth-order valence-electron chi connectivity index (χ4n) is 0.642. The van der Waals surface area contributed by atoms with Crippen molar-refractivity contribution in [1.82, 2.24) is 0 Å². The SMILES string of the molecule is [CH2+]CCCCCCO. The molecule has 0 amide bonds. The van der Waals surface area contributed by atoms with Gasteiger partial charge < -0.3 is 5.11 Å². The molecule has 1 nitrogen and oxygen atoms in total. The second kappa shape index (κ2) is 6.83. The molecule has 0 aromatic heterocycles. The summed E-state index contributed by atoms with van der Waals surface area (Å²) in [4.78, 5) is 0. The fourth-order valence-corrected chi connectivity index (χ4v) is 0.642. The van der Waals surface area contributed by atoms with E-state index in [0.717, 1.165) is 19.3 Å². The van der Waals surface area contributed by atoms with Gasteiger partial charge in [0.15, 0.2) is 0 Å². The van der Waals surface area contributed by atoms with E-state index in [-0.39, 0.29) is 0 Å². The van der Waals surface area contributed by atoms with Gasteiger partial charge in [-0.15, -0.1) is 0 Å². The first-order chi connectivity index (χ1) is 3.91. The molecule has 8 heavy (non-hydrogen) atoms. The van der Waals surface area contributed by atoms with Crippen LogP contribution in [0.25, 0.3) is 0 Å². The van der Waals surface area contributed by atoms with E-state index in [1.807, 2.05) is 0 Å². The van der Waals surface area contributed by atoms with E-state index in [0.29, 0.717) is 6.61 Å². The number of hydrogen-bond donors (Lipinski definition) is 1. The third-order valence-electron chi connectivity index (χ3n) is 1.16. The molecule has 1 N–H and O–H groups in total. The van der Waals surface area contributed by atoms with Gasteiger partial charge in [0.05, 0.1) is 13.3 Å². The minimum atomic E-state index is 0.344. The van der Waals surface area contributed by atoms with Gasteiger partial charge in [0.1, 0.15) is 0 Å². The van der Waals surface area contributed by atoms with E-state index in [9.17, 15) is 0 Å². The average molecular weight is 115 g/mol.